The zero-order chi connectivity index (χ0) is 16.2. The summed E-state index contributed by atoms with van der Waals surface area (Å²) in [7, 11) is 0. The zero-order valence-electron chi connectivity index (χ0n) is 12.7. The average molecular weight is 307 g/mol. The van der Waals surface area contributed by atoms with Gasteiger partial charge in [0.2, 0.25) is 0 Å². The lowest BCUT2D eigenvalue weighted by atomic mass is 10.0. The Morgan fingerprint density at radius 3 is 2.27 bits per heavy atom. The van der Waals surface area contributed by atoms with Gasteiger partial charge in [-0.05, 0) is 37.5 Å². The number of nitrogens with one attached hydrogen (secondary N) is 1. The number of rotatable bonds is 5. The van der Waals surface area contributed by atoms with Crippen molar-refractivity contribution in [3.63, 3.8) is 0 Å². The van der Waals surface area contributed by atoms with E-state index >= 15 is 0 Å². The highest BCUT2D eigenvalue weighted by molar-refractivity contribution is 5.26. The highest BCUT2D eigenvalue weighted by Crippen LogP contribution is 2.29. The van der Waals surface area contributed by atoms with Gasteiger partial charge >= 0.3 is 6.18 Å². The lowest BCUT2D eigenvalue weighted by Crippen LogP contribution is -2.30. The number of hydrogen-bond acceptors (Lipinski definition) is 1. The molecule has 0 bridgehead atoms. The number of halogens is 3. The largest absolute Gasteiger partial charge is 0.416 e. The molecule has 2 atom stereocenters. The van der Waals surface area contributed by atoms with Crippen LogP contribution in [0.25, 0.3) is 0 Å². The molecule has 0 heterocycles. The fourth-order valence-electron chi connectivity index (χ4n) is 2.55. The van der Waals surface area contributed by atoms with E-state index in [1.54, 1.807) is 6.07 Å². The highest BCUT2D eigenvalue weighted by Gasteiger charge is 2.30. The van der Waals surface area contributed by atoms with Crippen molar-refractivity contribution in [2.45, 2.75) is 38.5 Å². The summed E-state index contributed by atoms with van der Waals surface area (Å²) >= 11 is 0. The molecule has 0 aliphatic heterocycles. The van der Waals surface area contributed by atoms with Crippen molar-refractivity contribution in [1.29, 1.82) is 0 Å². The molecule has 0 aliphatic rings. The molecule has 0 aromatic heterocycles. The standard InChI is InChI=1S/C18H20F3N/c1-13(22-14(2)16-8-4-3-5-9-16)11-15-7-6-10-17(12-15)18(19,20)21/h3-10,12-14,22H,11H2,1-2H3/t13-,14-/m0/s1. The van der Waals surface area contributed by atoms with Crippen LogP contribution in [-0.2, 0) is 12.6 Å². The summed E-state index contributed by atoms with van der Waals surface area (Å²) in [5.41, 5.74) is 1.27. The summed E-state index contributed by atoms with van der Waals surface area (Å²) in [4.78, 5) is 0. The molecule has 0 radical (unpaired) electrons. The van der Waals surface area contributed by atoms with Gasteiger partial charge in [-0.1, -0.05) is 48.5 Å². The molecule has 0 saturated carbocycles. The first kappa shape index (κ1) is 16.6. The van der Waals surface area contributed by atoms with E-state index in [9.17, 15) is 13.2 Å². The quantitative estimate of drug-likeness (QED) is 0.821. The maximum atomic E-state index is 12.7. The molecule has 0 saturated heterocycles. The minimum absolute atomic E-state index is 0.0821. The first-order valence-electron chi connectivity index (χ1n) is 7.33. The molecule has 0 aliphatic carbocycles. The van der Waals surface area contributed by atoms with Crippen molar-refractivity contribution in [2.24, 2.45) is 0 Å². The van der Waals surface area contributed by atoms with Gasteiger partial charge in [0.05, 0.1) is 5.56 Å². The summed E-state index contributed by atoms with van der Waals surface area (Å²) in [6.45, 7) is 4.04. The third-order valence-electron chi connectivity index (χ3n) is 3.63. The molecular weight excluding hydrogens is 287 g/mol. The van der Waals surface area contributed by atoms with Gasteiger partial charge in [-0.3, -0.25) is 0 Å². The predicted octanol–water partition coefficient (Wildman–Crippen LogP) is 4.99. The normalized spacial score (nSPS) is 14.6. The Hall–Kier alpha value is -1.81. The van der Waals surface area contributed by atoms with E-state index in [0.29, 0.717) is 12.0 Å². The second kappa shape index (κ2) is 6.97. The van der Waals surface area contributed by atoms with Crippen LogP contribution in [-0.4, -0.2) is 6.04 Å². The molecule has 4 heteroatoms. The SMILES string of the molecule is C[C@H](N[C@@H](C)Cc1cccc(C(F)(F)F)c1)c1ccccc1. The summed E-state index contributed by atoms with van der Waals surface area (Å²) < 4.78 is 38.2. The summed E-state index contributed by atoms with van der Waals surface area (Å²) in [6, 6.07) is 15.8. The molecule has 2 aromatic rings. The van der Waals surface area contributed by atoms with E-state index < -0.39 is 11.7 Å². The van der Waals surface area contributed by atoms with Crippen LogP contribution in [0.5, 0.6) is 0 Å². The van der Waals surface area contributed by atoms with Crippen LogP contribution < -0.4 is 5.32 Å². The second-order valence-electron chi connectivity index (χ2n) is 5.60. The van der Waals surface area contributed by atoms with Gasteiger partial charge in [0.25, 0.3) is 0 Å². The first-order chi connectivity index (χ1) is 10.4. The second-order valence-corrected chi connectivity index (χ2v) is 5.60. The number of benzene rings is 2. The molecule has 2 rings (SSSR count). The molecule has 0 unspecified atom stereocenters. The Bertz CT molecular complexity index is 593. The van der Waals surface area contributed by atoms with Gasteiger partial charge in [0.1, 0.15) is 0 Å². The van der Waals surface area contributed by atoms with Crippen molar-refractivity contribution in [3.05, 3.63) is 71.3 Å². The van der Waals surface area contributed by atoms with E-state index in [2.05, 4.69) is 12.2 Å². The summed E-state index contributed by atoms with van der Waals surface area (Å²) in [5, 5.41) is 3.42. The van der Waals surface area contributed by atoms with Gasteiger partial charge in [0.15, 0.2) is 0 Å². The average Bonchev–Trinajstić information content (AvgIpc) is 2.47. The van der Waals surface area contributed by atoms with Crippen LogP contribution in [0.1, 0.15) is 36.6 Å². The topological polar surface area (TPSA) is 12.0 Å². The smallest absolute Gasteiger partial charge is 0.307 e. The minimum Gasteiger partial charge on any atom is -0.307 e. The molecule has 2 aromatic carbocycles. The van der Waals surface area contributed by atoms with Gasteiger partial charge < -0.3 is 5.32 Å². The zero-order valence-corrected chi connectivity index (χ0v) is 12.7. The van der Waals surface area contributed by atoms with Gasteiger partial charge in [-0.25, -0.2) is 0 Å². The van der Waals surface area contributed by atoms with Crippen LogP contribution in [0, 0.1) is 0 Å². The van der Waals surface area contributed by atoms with Crippen molar-refractivity contribution in [2.75, 3.05) is 0 Å². The van der Waals surface area contributed by atoms with E-state index in [1.807, 2.05) is 37.3 Å². The molecule has 0 fully saturated rings. The van der Waals surface area contributed by atoms with Crippen molar-refractivity contribution >= 4 is 0 Å². The Kier molecular flexibility index (Phi) is 5.24. The molecule has 0 amide bonds. The van der Waals surface area contributed by atoms with Crippen LogP contribution in [0.4, 0.5) is 13.2 Å². The number of alkyl halides is 3. The maximum Gasteiger partial charge on any atom is 0.416 e. The van der Waals surface area contributed by atoms with Crippen LogP contribution in [0.2, 0.25) is 0 Å². The van der Waals surface area contributed by atoms with Gasteiger partial charge in [-0.2, -0.15) is 13.2 Å². The van der Waals surface area contributed by atoms with Crippen LogP contribution in [0.3, 0.4) is 0 Å². The van der Waals surface area contributed by atoms with E-state index in [0.717, 1.165) is 6.07 Å². The first-order valence-corrected chi connectivity index (χ1v) is 7.33. The lowest BCUT2D eigenvalue weighted by Gasteiger charge is -2.21. The Morgan fingerprint density at radius 1 is 0.955 bits per heavy atom. The predicted molar refractivity (Wildman–Crippen MR) is 82.6 cm³/mol. The Balaban J connectivity index is 1.99. The molecule has 0 spiro atoms. The van der Waals surface area contributed by atoms with Crippen molar-refractivity contribution in [1.82, 2.24) is 5.32 Å². The fourth-order valence-corrected chi connectivity index (χ4v) is 2.55. The highest BCUT2D eigenvalue weighted by atomic mass is 19.4. The van der Waals surface area contributed by atoms with Gasteiger partial charge in [0, 0.05) is 12.1 Å². The van der Waals surface area contributed by atoms with Gasteiger partial charge in [-0.15, -0.1) is 0 Å². The molecule has 118 valence electrons. The van der Waals surface area contributed by atoms with Crippen molar-refractivity contribution in [3.8, 4) is 0 Å². The fraction of sp³-hybridized carbons (Fsp3) is 0.333. The van der Waals surface area contributed by atoms with Crippen LogP contribution >= 0.6 is 0 Å². The number of hydrogen-bond donors (Lipinski definition) is 1. The third-order valence-corrected chi connectivity index (χ3v) is 3.63. The van der Waals surface area contributed by atoms with E-state index in [4.69, 9.17) is 0 Å². The van der Waals surface area contributed by atoms with E-state index in [-0.39, 0.29) is 12.1 Å². The summed E-state index contributed by atoms with van der Waals surface area (Å²) in [5.74, 6) is 0. The molecular formula is C18H20F3N. The maximum absolute atomic E-state index is 12.7. The van der Waals surface area contributed by atoms with Crippen LogP contribution in [0.15, 0.2) is 54.6 Å². The Morgan fingerprint density at radius 2 is 1.64 bits per heavy atom. The van der Waals surface area contributed by atoms with Crippen molar-refractivity contribution < 1.29 is 13.2 Å². The lowest BCUT2D eigenvalue weighted by molar-refractivity contribution is -0.137. The monoisotopic (exact) mass is 307 g/mol. The third kappa shape index (κ3) is 4.60. The van der Waals surface area contributed by atoms with E-state index in [1.165, 1.54) is 17.7 Å². The molecule has 1 nitrogen and oxygen atoms in total. The minimum atomic E-state index is -4.29. The molecule has 22 heavy (non-hydrogen) atoms. The molecule has 1 N–H and O–H groups in total. The summed E-state index contributed by atoms with van der Waals surface area (Å²) in [6.07, 6.45) is -3.73. The Labute approximate surface area is 129 Å².